The van der Waals surface area contributed by atoms with Crippen LogP contribution in [0.5, 0.6) is 11.5 Å². The molecule has 9 nitrogen and oxygen atoms in total. The van der Waals surface area contributed by atoms with Crippen molar-refractivity contribution >= 4 is 21.6 Å². The third-order valence-electron chi connectivity index (χ3n) is 6.85. The van der Waals surface area contributed by atoms with E-state index in [1.807, 2.05) is 43.3 Å². The quantitative estimate of drug-likeness (QED) is 0.315. The van der Waals surface area contributed by atoms with E-state index in [1.54, 1.807) is 24.3 Å². The Bertz CT molecular complexity index is 1450. The monoisotopic (exact) mass is 542 g/mol. The number of ether oxygens (including phenoxy) is 3. The van der Waals surface area contributed by atoms with Crippen molar-refractivity contribution in [3.8, 4) is 22.6 Å². The van der Waals surface area contributed by atoms with Gasteiger partial charge in [0.1, 0.15) is 0 Å². The van der Waals surface area contributed by atoms with Crippen LogP contribution in [-0.2, 0) is 25.0 Å². The second kappa shape index (κ2) is 10.7. The van der Waals surface area contributed by atoms with Gasteiger partial charge >= 0.3 is 0 Å². The van der Waals surface area contributed by atoms with E-state index in [1.165, 1.54) is 0 Å². The number of carbonyl (C=O) groups is 1. The molecule has 3 N–H and O–H groups in total. The van der Waals surface area contributed by atoms with Gasteiger partial charge in [-0.1, -0.05) is 24.3 Å². The lowest BCUT2D eigenvalue weighted by Crippen LogP contribution is -2.27. The van der Waals surface area contributed by atoms with E-state index in [-0.39, 0.29) is 46.8 Å². The van der Waals surface area contributed by atoms with Gasteiger partial charge in [0.15, 0.2) is 11.5 Å². The molecule has 1 amide bonds. The lowest BCUT2D eigenvalue weighted by atomic mass is 9.94. The number of anilines is 1. The van der Waals surface area contributed by atoms with Crippen molar-refractivity contribution in [1.82, 2.24) is 4.72 Å². The molecule has 0 saturated heterocycles. The third-order valence-corrected chi connectivity index (χ3v) is 8.33. The zero-order valence-electron chi connectivity index (χ0n) is 21.0. The number of benzene rings is 3. The molecule has 1 fully saturated rings. The van der Waals surface area contributed by atoms with Crippen molar-refractivity contribution in [2.24, 2.45) is 0 Å². The summed E-state index contributed by atoms with van der Waals surface area (Å²) in [6.45, 7) is 2.49. The van der Waals surface area contributed by atoms with Crippen LogP contribution in [0.4, 0.5) is 5.69 Å². The molecule has 10 heteroatoms. The molecule has 1 saturated carbocycles. The zero-order valence-corrected chi connectivity index (χ0v) is 21.8. The van der Waals surface area contributed by atoms with Gasteiger partial charge in [0.25, 0.3) is 0 Å². The van der Waals surface area contributed by atoms with Crippen LogP contribution in [0.1, 0.15) is 26.8 Å². The molecular weight excluding hydrogens is 508 g/mol. The lowest BCUT2D eigenvalue weighted by molar-refractivity contribution is -0.118. The molecule has 1 aliphatic heterocycles. The first-order valence-electron chi connectivity index (χ1n) is 12.4. The maximum atomic E-state index is 13.4. The highest BCUT2D eigenvalue weighted by Crippen LogP contribution is 2.51. The first-order chi connectivity index (χ1) is 18.3. The van der Waals surface area contributed by atoms with Gasteiger partial charge < -0.3 is 24.6 Å². The number of fused-ring (bicyclic) bond motifs is 1. The van der Waals surface area contributed by atoms with Crippen LogP contribution in [0.3, 0.4) is 0 Å². The van der Waals surface area contributed by atoms with Crippen LogP contribution in [0.15, 0.2) is 65.6 Å². The van der Waals surface area contributed by atoms with Crippen molar-refractivity contribution < 1.29 is 35.4 Å². The molecule has 5 rings (SSSR count). The minimum absolute atomic E-state index is 0. The molecule has 3 aromatic carbocycles. The lowest BCUT2D eigenvalue weighted by Gasteiger charge is -2.17. The van der Waals surface area contributed by atoms with Crippen molar-refractivity contribution in [2.45, 2.75) is 30.1 Å². The van der Waals surface area contributed by atoms with Gasteiger partial charge in [-0.3, -0.25) is 4.79 Å². The Kier molecular flexibility index (Phi) is 7.40. The summed E-state index contributed by atoms with van der Waals surface area (Å²) >= 11 is 0. The number of aliphatic hydroxyl groups is 1. The van der Waals surface area contributed by atoms with E-state index >= 15 is 0 Å². The van der Waals surface area contributed by atoms with Gasteiger partial charge in [-0.2, -0.15) is 0 Å². The van der Waals surface area contributed by atoms with Crippen LogP contribution in [-0.4, -0.2) is 52.6 Å². The second-order valence-electron chi connectivity index (χ2n) is 9.39. The van der Waals surface area contributed by atoms with Gasteiger partial charge in [0.2, 0.25) is 22.7 Å². The van der Waals surface area contributed by atoms with Crippen LogP contribution in [0, 0.1) is 6.92 Å². The number of hydrogen-bond acceptors (Lipinski definition) is 7. The molecular formula is C28H34N2O7S. The number of aryl methyl sites for hydroxylation is 1. The van der Waals surface area contributed by atoms with Crippen molar-refractivity contribution in [2.75, 3.05) is 38.5 Å². The fourth-order valence-corrected chi connectivity index (χ4v) is 5.55. The topological polar surface area (TPSA) is 123 Å². The molecule has 3 aromatic rings. The van der Waals surface area contributed by atoms with E-state index in [2.05, 4.69) is 10.0 Å². The summed E-state index contributed by atoms with van der Waals surface area (Å²) < 4.78 is 43.6. The van der Waals surface area contributed by atoms with E-state index in [0.717, 1.165) is 35.1 Å². The highest BCUT2D eigenvalue weighted by molar-refractivity contribution is 7.89. The van der Waals surface area contributed by atoms with Crippen LogP contribution < -0.4 is 19.5 Å². The molecule has 0 unspecified atom stereocenters. The van der Waals surface area contributed by atoms with Crippen LogP contribution in [0.25, 0.3) is 11.1 Å². The summed E-state index contributed by atoms with van der Waals surface area (Å²) in [5.74, 6) is 1.28. The smallest absolute Gasteiger partial charge is 0.240 e. The normalized spacial score (nSPS) is 15.3. The number of sulfonamides is 1. The highest BCUT2D eigenvalue weighted by atomic mass is 32.2. The molecule has 38 heavy (non-hydrogen) atoms. The number of hydrogen-bond donors (Lipinski definition) is 3. The average Bonchev–Trinajstić information content (AvgIpc) is 3.60. The molecule has 0 atom stereocenters. The largest absolute Gasteiger partial charge is 0.454 e. The van der Waals surface area contributed by atoms with Gasteiger partial charge in [0, 0.05) is 15.1 Å². The molecule has 2 aliphatic rings. The zero-order chi connectivity index (χ0) is 26.8. The summed E-state index contributed by atoms with van der Waals surface area (Å²) in [7, 11) is -3.69. The Morgan fingerprint density at radius 1 is 1.03 bits per heavy atom. The van der Waals surface area contributed by atoms with E-state index < -0.39 is 15.4 Å². The number of aliphatic hydroxyl groups excluding tert-OH is 1. The summed E-state index contributed by atoms with van der Waals surface area (Å²) in [5, 5.41) is 11.8. The minimum atomic E-state index is -3.69. The Morgan fingerprint density at radius 3 is 2.53 bits per heavy atom. The van der Waals surface area contributed by atoms with Gasteiger partial charge in [-0.05, 0) is 78.4 Å². The Labute approximate surface area is 224 Å². The summed E-state index contributed by atoms with van der Waals surface area (Å²) in [4.78, 5) is 13.5. The second-order valence-corrected chi connectivity index (χ2v) is 11.2. The third kappa shape index (κ3) is 5.39. The summed E-state index contributed by atoms with van der Waals surface area (Å²) in [6, 6.07) is 18.0. The molecule has 1 heterocycles. The first-order valence-corrected chi connectivity index (χ1v) is 13.9. The fourth-order valence-electron chi connectivity index (χ4n) is 4.54. The number of amides is 1. The number of nitrogens with one attached hydrogen (secondary N) is 2. The molecule has 204 valence electrons. The van der Waals surface area contributed by atoms with E-state index in [4.69, 9.17) is 19.3 Å². The van der Waals surface area contributed by atoms with Crippen LogP contribution in [0.2, 0.25) is 0 Å². The molecule has 0 aromatic heterocycles. The van der Waals surface area contributed by atoms with Crippen molar-refractivity contribution in [3.05, 3.63) is 71.8 Å². The molecule has 0 spiro atoms. The average molecular weight is 543 g/mol. The van der Waals surface area contributed by atoms with Crippen molar-refractivity contribution in [1.29, 1.82) is 0 Å². The standard InChI is InChI=1S/C28H30N2O7S.2H2/c1-19-2-6-22(30-27(32)28(10-11-28)21-5-9-25-26(16-21)37-18-36-25)17-24(19)20-3-7-23(8-4-20)38(33,34)29-12-14-35-15-13-31;;/h2-9,16-17,29,31H,10-15,18H2,1H3,(H,30,32);2*1H. The minimum Gasteiger partial charge on any atom is -0.454 e. The van der Waals surface area contributed by atoms with E-state index in [9.17, 15) is 13.2 Å². The summed E-state index contributed by atoms with van der Waals surface area (Å²) in [6.07, 6.45) is 1.52. The Morgan fingerprint density at radius 2 is 1.79 bits per heavy atom. The SMILES string of the molecule is Cc1ccc(NC(=O)C2(c3ccc4c(c3)OCO4)CC2)cc1-c1ccc(S(=O)(=O)NCCOCCO)cc1.[HH].[HH]. The van der Waals surface area contributed by atoms with Gasteiger partial charge in [0.05, 0.1) is 30.1 Å². The number of rotatable bonds is 11. The maximum absolute atomic E-state index is 13.4. The Balaban J connectivity index is 0.00000220. The predicted octanol–water partition coefficient (Wildman–Crippen LogP) is 3.84. The Hall–Kier alpha value is -3.44. The molecule has 1 aliphatic carbocycles. The molecule has 0 bridgehead atoms. The van der Waals surface area contributed by atoms with Crippen LogP contribution >= 0.6 is 0 Å². The molecule has 0 radical (unpaired) electrons. The predicted molar refractivity (Wildman–Crippen MR) is 146 cm³/mol. The van der Waals surface area contributed by atoms with Gasteiger partial charge in [-0.15, -0.1) is 0 Å². The first kappa shape index (κ1) is 26.2. The highest BCUT2D eigenvalue weighted by Gasteiger charge is 2.51. The maximum Gasteiger partial charge on any atom is 0.240 e. The summed E-state index contributed by atoms with van der Waals surface area (Å²) in [5.41, 5.74) is 3.72. The number of carbonyl (C=O) groups excluding carboxylic acids is 1. The van der Waals surface area contributed by atoms with E-state index in [0.29, 0.717) is 17.2 Å². The fraction of sp³-hybridized carbons (Fsp3) is 0.321. The van der Waals surface area contributed by atoms with Crippen molar-refractivity contribution in [3.63, 3.8) is 0 Å². The van der Waals surface area contributed by atoms with Gasteiger partial charge in [-0.25, -0.2) is 13.1 Å².